The van der Waals surface area contributed by atoms with E-state index in [4.69, 9.17) is 4.74 Å². The van der Waals surface area contributed by atoms with Gasteiger partial charge in [0.2, 0.25) is 21.8 Å². The lowest BCUT2D eigenvalue weighted by Crippen LogP contribution is -2.58. The number of allylic oxidation sites excluding steroid dienone is 1. The highest BCUT2D eigenvalue weighted by atomic mass is 32.2. The number of aromatic nitrogens is 2. The Bertz CT molecular complexity index is 2140. The minimum Gasteiger partial charge on any atom is -0.444 e. The van der Waals surface area contributed by atoms with Gasteiger partial charge in [0.1, 0.15) is 23.2 Å². The lowest BCUT2D eigenvalue weighted by Gasteiger charge is -2.30. The van der Waals surface area contributed by atoms with Gasteiger partial charge in [-0.1, -0.05) is 25.0 Å². The molecule has 0 unspecified atom stereocenters. The highest BCUT2D eigenvalue weighted by molar-refractivity contribution is 7.91. The van der Waals surface area contributed by atoms with Crippen LogP contribution in [-0.2, 0) is 29.1 Å². The molecule has 4 amide bonds. The van der Waals surface area contributed by atoms with Crippen molar-refractivity contribution in [1.82, 2.24) is 30.0 Å². The normalized spacial score (nSPS) is 26.2. The molecule has 0 spiro atoms. The molecule has 7 rings (SSSR count). The van der Waals surface area contributed by atoms with E-state index in [1.54, 1.807) is 27.0 Å². The summed E-state index contributed by atoms with van der Waals surface area (Å²) >= 11 is 2.95. The van der Waals surface area contributed by atoms with Crippen LogP contribution in [0.3, 0.4) is 0 Å². The van der Waals surface area contributed by atoms with Crippen LogP contribution in [0.2, 0.25) is 0 Å². The lowest BCUT2D eigenvalue weighted by atomic mass is 10.0. The zero-order valence-corrected chi connectivity index (χ0v) is 33.4. The SMILES string of the molecule is CC(C)(C)OC(=O)N[C@H]1CCCCCC=C[C@@H]2C[C@@]2(C(=O)NS(=O)(=O)C2CC2)NC(=O)[C@@H]2C[C@@H](n3ncc(-c4ccsc4)c(-c4ccsc4)c3=O)CN2C1=O. The van der Waals surface area contributed by atoms with Gasteiger partial charge in [0.25, 0.3) is 11.5 Å². The Balaban J connectivity index is 1.25. The van der Waals surface area contributed by atoms with Gasteiger partial charge < -0.3 is 20.3 Å². The Morgan fingerprint density at radius 2 is 1.75 bits per heavy atom. The zero-order valence-electron chi connectivity index (χ0n) is 31.0. The summed E-state index contributed by atoms with van der Waals surface area (Å²) in [5.41, 5.74) is -0.0958. The van der Waals surface area contributed by atoms with Crippen LogP contribution in [0, 0.1) is 5.92 Å². The second kappa shape index (κ2) is 15.3. The fourth-order valence-electron chi connectivity index (χ4n) is 7.45. The van der Waals surface area contributed by atoms with E-state index in [1.165, 1.54) is 32.3 Å². The Morgan fingerprint density at radius 1 is 1.02 bits per heavy atom. The van der Waals surface area contributed by atoms with E-state index >= 15 is 0 Å². The molecule has 1 saturated heterocycles. The quantitative estimate of drug-likeness (QED) is 0.284. The fourth-order valence-corrected chi connectivity index (χ4v) is 10.1. The lowest BCUT2D eigenvalue weighted by molar-refractivity contribution is -0.141. The summed E-state index contributed by atoms with van der Waals surface area (Å²) in [6, 6.07) is 0.786. The molecule has 2 aliphatic carbocycles. The third kappa shape index (κ3) is 8.43. The molecule has 55 heavy (non-hydrogen) atoms. The Hall–Kier alpha value is -4.35. The monoisotopic (exact) mass is 810 g/mol. The van der Waals surface area contributed by atoms with Gasteiger partial charge in [-0.25, -0.2) is 17.9 Å². The molecule has 5 atom stereocenters. The van der Waals surface area contributed by atoms with Crippen molar-refractivity contribution in [3.8, 4) is 22.3 Å². The first-order chi connectivity index (χ1) is 26.2. The summed E-state index contributed by atoms with van der Waals surface area (Å²) < 4.78 is 34.8. The smallest absolute Gasteiger partial charge is 0.408 e. The van der Waals surface area contributed by atoms with Crippen LogP contribution in [-0.4, -0.2) is 81.9 Å². The number of amides is 4. The van der Waals surface area contributed by atoms with E-state index < -0.39 is 74.3 Å². The van der Waals surface area contributed by atoms with Crippen LogP contribution < -0.4 is 20.9 Å². The first-order valence-corrected chi connectivity index (χ1v) is 22.1. The Kier molecular flexibility index (Phi) is 10.8. The molecule has 0 aromatic carbocycles. The number of nitrogens with zero attached hydrogens (tertiary/aromatic N) is 3. The first kappa shape index (κ1) is 38.9. The average Bonchev–Trinajstić information content (AvgIpc) is 3.82. The van der Waals surface area contributed by atoms with E-state index in [-0.39, 0.29) is 31.4 Å². The molecule has 5 heterocycles. The number of carbonyl (C=O) groups is 4. The Labute approximate surface area is 327 Å². The van der Waals surface area contributed by atoms with Crippen LogP contribution >= 0.6 is 22.7 Å². The van der Waals surface area contributed by atoms with Gasteiger partial charge in [-0.3, -0.25) is 23.9 Å². The second-order valence-corrected chi connectivity index (χ2v) is 19.3. The van der Waals surface area contributed by atoms with Crippen molar-refractivity contribution in [2.75, 3.05) is 6.54 Å². The summed E-state index contributed by atoms with van der Waals surface area (Å²) in [5.74, 6) is -2.48. The summed E-state index contributed by atoms with van der Waals surface area (Å²) in [6.45, 7) is 5.07. The number of sulfonamides is 1. The Morgan fingerprint density at radius 3 is 2.42 bits per heavy atom. The summed E-state index contributed by atoms with van der Waals surface area (Å²) in [6.07, 6.45) is 8.77. The number of carbonyl (C=O) groups excluding carboxylic acids is 4. The number of ether oxygens (including phenoxy) is 1. The number of hydrogen-bond donors (Lipinski definition) is 3. The highest BCUT2D eigenvalue weighted by Crippen LogP contribution is 2.46. The zero-order chi connectivity index (χ0) is 39.1. The van der Waals surface area contributed by atoms with Crippen molar-refractivity contribution in [2.24, 2.45) is 5.92 Å². The minimum absolute atomic E-state index is 0.0247. The average molecular weight is 811 g/mol. The van der Waals surface area contributed by atoms with Crippen LogP contribution in [0.4, 0.5) is 4.79 Å². The third-order valence-electron chi connectivity index (χ3n) is 10.5. The minimum atomic E-state index is -3.92. The van der Waals surface area contributed by atoms with E-state index in [2.05, 4.69) is 20.5 Å². The topological polar surface area (TPSA) is 186 Å². The molecule has 4 aliphatic rings. The third-order valence-corrected chi connectivity index (χ3v) is 13.7. The molecular weight excluding hydrogens is 765 g/mol. The number of nitrogens with one attached hydrogen (secondary N) is 3. The van der Waals surface area contributed by atoms with Crippen molar-refractivity contribution in [2.45, 2.75) is 113 Å². The van der Waals surface area contributed by atoms with Gasteiger partial charge in [0, 0.05) is 24.4 Å². The van der Waals surface area contributed by atoms with Gasteiger partial charge in [-0.05, 0) is 104 Å². The van der Waals surface area contributed by atoms with Gasteiger partial charge in [-0.15, -0.1) is 0 Å². The van der Waals surface area contributed by atoms with Crippen molar-refractivity contribution < 1.29 is 32.3 Å². The van der Waals surface area contributed by atoms with Crippen molar-refractivity contribution in [1.29, 1.82) is 0 Å². The van der Waals surface area contributed by atoms with Gasteiger partial charge in [0.05, 0.1) is 23.1 Å². The maximum Gasteiger partial charge on any atom is 0.408 e. The van der Waals surface area contributed by atoms with Gasteiger partial charge in [-0.2, -0.15) is 27.8 Å². The summed E-state index contributed by atoms with van der Waals surface area (Å²) in [4.78, 5) is 71.7. The van der Waals surface area contributed by atoms with Crippen LogP contribution in [0.15, 0.2) is 56.8 Å². The highest BCUT2D eigenvalue weighted by Gasteiger charge is 2.62. The predicted octanol–water partition coefficient (Wildman–Crippen LogP) is 4.74. The van der Waals surface area contributed by atoms with E-state index in [1.807, 2.05) is 45.8 Å². The van der Waals surface area contributed by atoms with E-state index in [9.17, 15) is 32.4 Å². The first-order valence-electron chi connectivity index (χ1n) is 18.7. The second-order valence-electron chi connectivity index (χ2n) is 15.8. The molecule has 3 aromatic rings. The molecule has 0 radical (unpaired) electrons. The van der Waals surface area contributed by atoms with Crippen molar-refractivity contribution in [3.05, 3.63) is 62.4 Å². The summed E-state index contributed by atoms with van der Waals surface area (Å²) in [5, 5.41) is 17.2. The van der Waals surface area contributed by atoms with Crippen molar-refractivity contribution >= 4 is 56.5 Å². The molecule has 14 nitrogen and oxygen atoms in total. The number of rotatable bonds is 7. The largest absolute Gasteiger partial charge is 0.444 e. The molecular formula is C38H46N6O8S3. The van der Waals surface area contributed by atoms with Crippen molar-refractivity contribution in [3.63, 3.8) is 0 Å². The van der Waals surface area contributed by atoms with Gasteiger partial charge >= 0.3 is 6.09 Å². The molecule has 17 heteroatoms. The molecule has 2 aliphatic heterocycles. The van der Waals surface area contributed by atoms with Crippen LogP contribution in [0.1, 0.15) is 84.6 Å². The number of fused-ring (bicyclic) bond motifs is 2. The standard InChI is InChI=1S/C38H46N6O8S3/c1-37(2,3)52-36(49)40-29-10-8-6-4-5-7-9-25-18-38(25,35(48)42-55(50,51)27-11-12-27)41-32(45)30-17-26(20-43(30)33(29)46)44-34(47)31(24-14-16-54-22-24)28(19-39-44)23-13-15-53-21-23/h7,9,13-16,19,21-22,25-27,29-30H,4-6,8,10-12,17-18,20H2,1-3H3,(H,40,49)(H,41,45)(H,42,48)/t25-,26-,29+,30+,38-/m1/s1. The molecule has 3 fully saturated rings. The van der Waals surface area contributed by atoms with Crippen LogP contribution in [0.5, 0.6) is 0 Å². The number of hydrogen-bond acceptors (Lipinski definition) is 11. The molecule has 2 saturated carbocycles. The molecule has 3 N–H and O–H groups in total. The summed E-state index contributed by atoms with van der Waals surface area (Å²) in [7, 11) is -3.92. The van der Waals surface area contributed by atoms with Gasteiger partial charge in [0.15, 0.2) is 0 Å². The van der Waals surface area contributed by atoms with Crippen LogP contribution in [0.25, 0.3) is 22.3 Å². The maximum atomic E-state index is 14.6. The predicted molar refractivity (Wildman–Crippen MR) is 209 cm³/mol. The van der Waals surface area contributed by atoms with E-state index in [0.717, 1.165) is 24.0 Å². The molecule has 294 valence electrons. The maximum absolute atomic E-state index is 14.6. The number of alkyl carbamates (subject to hydrolysis) is 1. The number of thiophene rings is 2. The fraction of sp³-hybridized carbons (Fsp3) is 0.526. The molecule has 3 aromatic heterocycles. The molecule has 0 bridgehead atoms. The van der Waals surface area contributed by atoms with E-state index in [0.29, 0.717) is 36.8 Å².